The summed E-state index contributed by atoms with van der Waals surface area (Å²) in [5.41, 5.74) is 7.95. The second-order valence-corrected chi connectivity index (χ2v) is 6.81. The zero-order valence-electron chi connectivity index (χ0n) is 16.8. The average molecular weight is 359 g/mol. The third-order valence-electron chi connectivity index (χ3n) is 5.00. The van der Waals surface area contributed by atoms with E-state index in [4.69, 9.17) is 9.47 Å². The van der Waals surface area contributed by atoms with Gasteiger partial charge >= 0.3 is 0 Å². The van der Waals surface area contributed by atoms with Crippen molar-refractivity contribution in [2.24, 2.45) is 0 Å². The van der Waals surface area contributed by atoms with Gasteiger partial charge in [0.2, 0.25) is 0 Å². The van der Waals surface area contributed by atoms with Crippen LogP contribution < -0.4 is 9.47 Å². The van der Waals surface area contributed by atoms with Crippen LogP contribution in [0.15, 0.2) is 48.5 Å². The number of benzene rings is 3. The van der Waals surface area contributed by atoms with E-state index in [9.17, 15) is 0 Å². The summed E-state index contributed by atoms with van der Waals surface area (Å²) in [6, 6.07) is 20.4. The van der Waals surface area contributed by atoms with Crippen LogP contribution in [0.3, 0.4) is 0 Å². The van der Waals surface area contributed by atoms with Gasteiger partial charge in [0.1, 0.15) is 11.5 Å². The van der Waals surface area contributed by atoms with Crippen LogP contribution in [0.2, 0.25) is 0 Å². The molecule has 0 bridgehead atoms. The van der Waals surface area contributed by atoms with Gasteiger partial charge in [0.05, 0.1) is 14.2 Å². The lowest BCUT2D eigenvalue weighted by molar-refractivity contribution is 0.411. The first-order chi connectivity index (χ1) is 13.1. The molecule has 0 amide bonds. The number of hydrogen-bond acceptors (Lipinski definition) is 2. The molecule has 0 spiro atoms. The summed E-state index contributed by atoms with van der Waals surface area (Å²) in [5, 5.41) is 0. The Kier molecular flexibility index (Phi) is 5.85. The highest BCUT2D eigenvalue weighted by Crippen LogP contribution is 2.43. The molecule has 139 valence electrons. The Morgan fingerprint density at radius 2 is 1.63 bits per heavy atom. The summed E-state index contributed by atoms with van der Waals surface area (Å²) in [7, 11) is 3.46. The van der Waals surface area contributed by atoms with Gasteiger partial charge in [-0.1, -0.05) is 49.7 Å². The molecule has 0 fully saturated rings. The zero-order valence-corrected chi connectivity index (χ0v) is 16.8. The summed E-state index contributed by atoms with van der Waals surface area (Å²) in [4.78, 5) is 0. The smallest absolute Gasteiger partial charge is 0.130 e. The van der Waals surface area contributed by atoms with E-state index < -0.39 is 0 Å². The van der Waals surface area contributed by atoms with E-state index in [0.717, 1.165) is 52.2 Å². The molecule has 0 atom stereocenters. The molecule has 0 aliphatic carbocycles. The third-order valence-corrected chi connectivity index (χ3v) is 5.00. The molecule has 27 heavy (non-hydrogen) atoms. The largest absolute Gasteiger partial charge is 0.496 e. The number of rotatable bonds is 6. The maximum atomic E-state index is 5.91. The van der Waals surface area contributed by atoms with Crippen molar-refractivity contribution in [3.63, 3.8) is 0 Å². The minimum absolute atomic E-state index is 0.896. The van der Waals surface area contributed by atoms with Gasteiger partial charge in [-0.2, -0.15) is 0 Å². The SMILES string of the molecule is CCCc1[c]c(-c2ccc(OC)c(C)c2)c(-c2ccccc2)c(OC)c1C. The summed E-state index contributed by atoms with van der Waals surface area (Å²) in [6.07, 6.45) is 2.06. The molecule has 0 N–H and O–H groups in total. The summed E-state index contributed by atoms with van der Waals surface area (Å²) in [6.45, 7) is 6.40. The van der Waals surface area contributed by atoms with E-state index >= 15 is 0 Å². The monoisotopic (exact) mass is 359 g/mol. The maximum absolute atomic E-state index is 5.91. The van der Waals surface area contributed by atoms with Crippen molar-refractivity contribution < 1.29 is 9.47 Å². The van der Waals surface area contributed by atoms with Gasteiger partial charge < -0.3 is 9.47 Å². The molecule has 0 unspecified atom stereocenters. The van der Waals surface area contributed by atoms with Crippen molar-refractivity contribution in [2.75, 3.05) is 14.2 Å². The van der Waals surface area contributed by atoms with Gasteiger partial charge in [0, 0.05) is 11.1 Å². The highest BCUT2D eigenvalue weighted by atomic mass is 16.5. The van der Waals surface area contributed by atoms with Crippen LogP contribution in [0.5, 0.6) is 11.5 Å². The van der Waals surface area contributed by atoms with Crippen molar-refractivity contribution in [2.45, 2.75) is 33.6 Å². The third kappa shape index (κ3) is 3.71. The van der Waals surface area contributed by atoms with Crippen LogP contribution in [0.1, 0.15) is 30.0 Å². The number of methoxy groups -OCH3 is 2. The fourth-order valence-electron chi connectivity index (χ4n) is 3.63. The average Bonchev–Trinajstić information content (AvgIpc) is 2.69. The molecule has 0 heterocycles. The Morgan fingerprint density at radius 3 is 2.22 bits per heavy atom. The zero-order chi connectivity index (χ0) is 19.4. The molecule has 0 aromatic heterocycles. The van der Waals surface area contributed by atoms with E-state index in [-0.39, 0.29) is 0 Å². The van der Waals surface area contributed by atoms with Crippen LogP contribution in [0.4, 0.5) is 0 Å². The molecule has 3 aromatic carbocycles. The molecule has 3 rings (SSSR count). The number of aryl methyl sites for hydroxylation is 2. The second kappa shape index (κ2) is 8.30. The first-order valence-corrected chi connectivity index (χ1v) is 9.43. The van der Waals surface area contributed by atoms with Crippen LogP contribution in [-0.2, 0) is 6.42 Å². The summed E-state index contributed by atoms with van der Waals surface area (Å²) < 4.78 is 11.4. The van der Waals surface area contributed by atoms with Crippen molar-refractivity contribution in [3.8, 4) is 33.8 Å². The normalized spacial score (nSPS) is 10.7. The van der Waals surface area contributed by atoms with Gasteiger partial charge in [-0.25, -0.2) is 0 Å². The van der Waals surface area contributed by atoms with Crippen LogP contribution in [0.25, 0.3) is 22.3 Å². The molecule has 0 saturated carbocycles. The van der Waals surface area contributed by atoms with Gasteiger partial charge in [-0.3, -0.25) is 0 Å². The highest BCUT2D eigenvalue weighted by Gasteiger charge is 2.19. The van der Waals surface area contributed by atoms with E-state index in [1.165, 1.54) is 11.1 Å². The number of hydrogen-bond donors (Lipinski definition) is 0. The molecule has 3 aromatic rings. The van der Waals surface area contributed by atoms with Crippen LogP contribution in [-0.4, -0.2) is 14.2 Å². The van der Waals surface area contributed by atoms with Crippen molar-refractivity contribution in [3.05, 3.63) is 71.3 Å². The number of ether oxygens (including phenoxy) is 2. The van der Waals surface area contributed by atoms with Gasteiger partial charge in [0.15, 0.2) is 0 Å². The molecule has 2 nitrogen and oxygen atoms in total. The Morgan fingerprint density at radius 1 is 0.889 bits per heavy atom. The summed E-state index contributed by atoms with van der Waals surface area (Å²) >= 11 is 0. The minimum Gasteiger partial charge on any atom is -0.496 e. The summed E-state index contributed by atoms with van der Waals surface area (Å²) in [5.74, 6) is 1.83. The lowest BCUT2D eigenvalue weighted by atomic mass is 9.87. The van der Waals surface area contributed by atoms with Gasteiger partial charge in [-0.15, -0.1) is 0 Å². The first kappa shape index (κ1) is 19.0. The van der Waals surface area contributed by atoms with E-state index in [1.54, 1.807) is 14.2 Å². The quantitative estimate of drug-likeness (QED) is 0.506. The molecule has 0 saturated heterocycles. The van der Waals surface area contributed by atoms with E-state index in [0.29, 0.717) is 0 Å². The van der Waals surface area contributed by atoms with Crippen molar-refractivity contribution in [1.29, 1.82) is 0 Å². The fourth-order valence-corrected chi connectivity index (χ4v) is 3.63. The topological polar surface area (TPSA) is 18.5 Å². The van der Waals surface area contributed by atoms with Gasteiger partial charge in [-0.05, 0) is 66.3 Å². The molecule has 0 aliphatic rings. The van der Waals surface area contributed by atoms with Gasteiger partial charge in [0.25, 0.3) is 0 Å². The van der Waals surface area contributed by atoms with E-state index in [2.05, 4.69) is 63.2 Å². The lowest BCUT2D eigenvalue weighted by Gasteiger charge is -2.20. The molecular formula is C25H27O2. The molecule has 0 aliphatic heterocycles. The second-order valence-electron chi connectivity index (χ2n) is 6.81. The maximum Gasteiger partial charge on any atom is 0.130 e. The lowest BCUT2D eigenvalue weighted by Crippen LogP contribution is -2.00. The highest BCUT2D eigenvalue weighted by molar-refractivity contribution is 5.89. The Hall–Kier alpha value is -2.74. The fraction of sp³-hybridized carbons (Fsp3) is 0.280. The van der Waals surface area contributed by atoms with Crippen LogP contribution in [0, 0.1) is 19.9 Å². The predicted molar refractivity (Wildman–Crippen MR) is 113 cm³/mol. The Bertz CT molecular complexity index is 927. The minimum atomic E-state index is 0.896. The van der Waals surface area contributed by atoms with Crippen molar-refractivity contribution >= 4 is 0 Å². The Labute approximate surface area is 162 Å². The van der Waals surface area contributed by atoms with Crippen LogP contribution >= 0.6 is 0 Å². The predicted octanol–water partition coefficient (Wildman–Crippen LogP) is 6.41. The first-order valence-electron chi connectivity index (χ1n) is 9.43. The van der Waals surface area contributed by atoms with Crippen molar-refractivity contribution in [1.82, 2.24) is 0 Å². The molecule has 1 radical (unpaired) electrons. The standard InChI is InChI=1S/C25H27O2/c1-6-10-20-16-22(21-13-14-23(26-4)17(2)15-21)24(25(27-5)18(20)3)19-11-8-7-9-12-19/h7-9,11-15H,6,10H2,1-5H3. The van der Waals surface area contributed by atoms with E-state index in [1.807, 2.05) is 12.1 Å². The molecule has 2 heteroatoms. The molecular weight excluding hydrogens is 332 g/mol. The Balaban J connectivity index is 2.33.